The van der Waals surface area contributed by atoms with Crippen LogP contribution in [0.3, 0.4) is 0 Å². The zero-order valence-electron chi connectivity index (χ0n) is 16.1. The highest BCUT2D eigenvalue weighted by molar-refractivity contribution is 7.07. The second-order valence-electron chi connectivity index (χ2n) is 6.59. The smallest absolute Gasteiger partial charge is 0.190 e. The van der Waals surface area contributed by atoms with Gasteiger partial charge in [-0.2, -0.15) is 0 Å². The van der Waals surface area contributed by atoms with Gasteiger partial charge in [-0.3, -0.25) is 0 Å². The molecule has 0 aliphatic heterocycles. The predicted octanol–water partition coefficient (Wildman–Crippen LogP) is 5.84. The first-order chi connectivity index (χ1) is 14.2. The van der Waals surface area contributed by atoms with Gasteiger partial charge in [0.2, 0.25) is 0 Å². The molecule has 5 heteroatoms. The minimum absolute atomic E-state index is 0.244. The molecular weight excluding hydrogens is 383 g/mol. The Morgan fingerprint density at radius 2 is 1.69 bits per heavy atom. The largest absolute Gasteiger partial charge is 0.494 e. The zero-order chi connectivity index (χ0) is 20.1. The van der Waals surface area contributed by atoms with Crippen LogP contribution in [0.2, 0.25) is 0 Å². The van der Waals surface area contributed by atoms with Gasteiger partial charge in [-0.15, -0.1) is 11.3 Å². The molecule has 29 heavy (non-hydrogen) atoms. The molecule has 0 saturated carbocycles. The second kappa shape index (κ2) is 8.88. The van der Waals surface area contributed by atoms with Crippen molar-refractivity contribution in [3.63, 3.8) is 0 Å². The molecule has 0 amide bonds. The van der Waals surface area contributed by atoms with Crippen LogP contribution in [-0.4, -0.2) is 11.7 Å². The maximum absolute atomic E-state index is 14.3. The summed E-state index contributed by atoms with van der Waals surface area (Å²) in [5, 5.41) is 2.04. The number of aromatic nitrogens is 1. The van der Waals surface area contributed by atoms with Crippen molar-refractivity contribution < 1.29 is 9.13 Å². The summed E-state index contributed by atoms with van der Waals surface area (Å²) in [5.74, 6) is -0.124. The molecule has 3 aromatic carbocycles. The fourth-order valence-corrected chi connectivity index (χ4v) is 4.15. The predicted molar refractivity (Wildman–Crippen MR) is 116 cm³/mol. The molecule has 0 bridgehead atoms. The lowest BCUT2D eigenvalue weighted by Gasteiger charge is -2.11. The van der Waals surface area contributed by atoms with Gasteiger partial charge in [0, 0.05) is 17.5 Å². The monoisotopic (exact) mass is 404 g/mol. The Labute approximate surface area is 173 Å². The Morgan fingerprint density at radius 1 is 0.966 bits per heavy atom. The van der Waals surface area contributed by atoms with Gasteiger partial charge in [-0.1, -0.05) is 48.5 Å². The molecule has 0 spiro atoms. The van der Waals surface area contributed by atoms with Crippen LogP contribution in [-0.2, 0) is 13.0 Å². The number of ether oxygens (including phenoxy) is 1. The van der Waals surface area contributed by atoms with E-state index in [1.165, 1.54) is 18.7 Å². The molecule has 0 aliphatic rings. The summed E-state index contributed by atoms with van der Waals surface area (Å²) in [5.41, 5.74) is 3.91. The van der Waals surface area contributed by atoms with Crippen LogP contribution in [0.25, 0.3) is 11.3 Å². The summed E-state index contributed by atoms with van der Waals surface area (Å²) in [4.78, 5) is 5.71. The Bertz CT molecular complexity index is 1150. The van der Waals surface area contributed by atoms with Crippen LogP contribution in [0.1, 0.15) is 5.56 Å². The second-order valence-corrected chi connectivity index (χ2v) is 7.42. The standard InChI is InChI=1S/C24H21FN2OS/c1-28-23-13-12-19(16-21(23)25)22-17-29-24(26-20-10-6-3-7-11-20)27(22)15-14-18-8-4-2-5-9-18/h2-13,16-17H,14-15H2,1H3. The van der Waals surface area contributed by atoms with E-state index in [0.29, 0.717) is 0 Å². The highest BCUT2D eigenvalue weighted by Gasteiger charge is 2.11. The Balaban J connectivity index is 1.76. The number of nitrogens with zero attached hydrogens (tertiary/aromatic N) is 2. The van der Waals surface area contributed by atoms with Crippen LogP contribution in [0, 0.1) is 5.82 Å². The van der Waals surface area contributed by atoms with Gasteiger partial charge >= 0.3 is 0 Å². The number of rotatable bonds is 6. The summed E-state index contributed by atoms with van der Waals surface area (Å²) >= 11 is 1.56. The molecule has 1 aromatic heterocycles. The lowest BCUT2D eigenvalue weighted by atomic mass is 10.1. The molecule has 0 unspecified atom stereocenters. The molecule has 4 rings (SSSR count). The summed E-state index contributed by atoms with van der Waals surface area (Å²) in [6, 6.07) is 25.3. The zero-order valence-corrected chi connectivity index (χ0v) is 16.9. The van der Waals surface area contributed by atoms with Crippen LogP contribution < -0.4 is 9.54 Å². The molecule has 0 fully saturated rings. The van der Waals surface area contributed by atoms with E-state index in [9.17, 15) is 4.39 Å². The maximum Gasteiger partial charge on any atom is 0.190 e. The highest BCUT2D eigenvalue weighted by Crippen LogP contribution is 2.26. The van der Waals surface area contributed by atoms with Crippen molar-refractivity contribution in [3.05, 3.63) is 100 Å². The Hall–Kier alpha value is -3.18. The topological polar surface area (TPSA) is 26.5 Å². The number of benzene rings is 3. The van der Waals surface area contributed by atoms with Crippen LogP contribution in [0.15, 0.2) is 89.2 Å². The number of para-hydroxylation sites is 1. The average molecular weight is 405 g/mol. The highest BCUT2D eigenvalue weighted by atomic mass is 32.1. The van der Waals surface area contributed by atoms with Gasteiger partial charge in [0.15, 0.2) is 16.4 Å². The van der Waals surface area contributed by atoms with E-state index in [4.69, 9.17) is 9.73 Å². The normalized spacial score (nSPS) is 11.6. The average Bonchev–Trinajstić information content (AvgIpc) is 3.16. The van der Waals surface area contributed by atoms with Gasteiger partial charge in [0.05, 0.1) is 18.5 Å². The molecular formula is C24H21FN2OS. The molecule has 146 valence electrons. The van der Waals surface area contributed by atoms with Crippen molar-refractivity contribution in [2.24, 2.45) is 4.99 Å². The Kier molecular flexibility index (Phi) is 5.86. The number of thiazole rings is 1. The van der Waals surface area contributed by atoms with E-state index < -0.39 is 0 Å². The van der Waals surface area contributed by atoms with E-state index in [1.807, 2.05) is 60.0 Å². The lowest BCUT2D eigenvalue weighted by molar-refractivity contribution is 0.386. The van der Waals surface area contributed by atoms with Crippen molar-refractivity contribution in [2.45, 2.75) is 13.0 Å². The molecule has 4 aromatic rings. The van der Waals surface area contributed by atoms with Crippen molar-refractivity contribution in [2.75, 3.05) is 7.11 Å². The molecule has 0 radical (unpaired) electrons. The van der Waals surface area contributed by atoms with Gasteiger partial charge in [-0.25, -0.2) is 9.38 Å². The van der Waals surface area contributed by atoms with Crippen molar-refractivity contribution >= 4 is 17.0 Å². The van der Waals surface area contributed by atoms with Gasteiger partial charge in [-0.05, 0) is 42.3 Å². The summed E-state index contributed by atoms with van der Waals surface area (Å²) in [7, 11) is 1.47. The minimum atomic E-state index is -0.368. The third-order valence-corrected chi connectivity index (χ3v) is 5.56. The number of hydrogen-bond acceptors (Lipinski definition) is 3. The minimum Gasteiger partial charge on any atom is -0.494 e. The molecule has 1 heterocycles. The SMILES string of the molecule is COc1ccc(-c2csc(=Nc3ccccc3)n2CCc2ccccc2)cc1F. The molecule has 0 aliphatic carbocycles. The number of methoxy groups -OCH3 is 1. The number of hydrogen-bond donors (Lipinski definition) is 0. The third-order valence-electron chi connectivity index (χ3n) is 4.69. The summed E-state index contributed by atoms with van der Waals surface area (Å²) in [6.45, 7) is 0.752. The fourth-order valence-electron chi connectivity index (χ4n) is 3.19. The number of aryl methyl sites for hydroxylation is 1. The number of halogens is 1. The van der Waals surface area contributed by atoms with Gasteiger partial charge < -0.3 is 9.30 Å². The van der Waals surface area contributed by atoms with Crippen molar-refractivity contribution in [3.8, 4) is 17.0 Å². The van der Waals surface area contributed by atoms with E-state index in [1.54, 1.807) is 17.4 Å². The summed E-state index contributed by atoms with van der Waals surface area (Å²) in [6.07, 6.45) is 0.866. The summed E-state index contributed by atoms with van der Waals surface area (Å²) < 4.78 is 21.5. The first kappa shape index (κ1) is 19.2. The van der Waals surface area contributed by atoms with Crippen molar-refractivity contribution in [1.82, 2.24) is 4.57 Å². The molecule has 0 atom stereocenters. The van der Waals surface area contributed by atoms with Gasteiger partial charge in [0.1, 0.15) is 0 Å². The molecule has 0 N–H and O–H groups in total. The van der Waals surface area contributed by atoms with E-state index in [-0.39, 0.29) is 11.6 Å². The van der Waals surface area contributed by atoms with E-state index in [0.717, 1.165) is 34.7 Å². The maximum atomic E-state index is 14.3. The van der Waals surface area contributed by atoms with Crippen LogP contribution in [0.5, 0.6) is 5.75 Å². The third kappa shape index (κ3) is 4.46. The van der Waals surface area contributed by atoms with Crippen LogP contribution >= 0.6 is 11.3 Å². The first-order valence-electron chi connectivity index (χ1n) is 9.40. The molecule has 0 saturated heterocycles. The van der Waals surface area contributed by atoms with Gasteiger partial charge in [0.25, 0.3) is 0 Å². The molecule has 3 nitrogen and oxygen atoms in total. The fraction of sp³-hybridized carbons (Fsp3) is 0.125. The lowest BCUT2D eigenvalue weighted by Crippen LogP contribution is -2.17. The first-order valence-corrected chi connectivity index (χ1v) is 10.3. The van der Waals surface area contributed by atoms with E-state index >= 15 is 0 Å². The van der Waals surface area contributed by atoms with E-state index in [2.05, 4.69) is 16.7 Å². The van der Waals surface area contributed by atoms with Crippen LogP contribution in [0.4, 0.5) is 10.1 Å². The van der Waals surface area contributed by atoms with Crippen molar-refractivity contribution in [1.29, 1.82) is 0 Å². The Morgan fingerprint density at radius 3 is 2.38 bits per heavy atom. The quantitative estimate of drug-likeness (QED) is 0.397.